The molecular weight excluding hydrogens is 367 g/mol. The molecule has 146 valence electrons. The lowest BCUT2D eigenvalue weighted by Crippen LogP contribution is -2.31. The number of nitrogens with zero attached hydrogens (tertiary/aromatic N) is 3. The molecule has 1 saturated heterocycles. The monoisotopic (exact) mass is 391 g/mol. The van der Waals surface area contributed by atoms with Gasteiger partial charge in [-0.3, -0.25) is 0 Å². The van der Waals surface area contributed by atoms with E-state index in [0.29, 0.717) is 26.2 Å². The fourth-order valence-electron chi connectivity index (χ4n) is 2.66. The molecule has 0 unspecified atom stereocenters. The number of thiocarbonyl (C=S) groups is 1. The minimum Gasteiger partial charge on any atom is -0.385 e. The lowest BCUT2D eigenvalue weighted by atomic mass is 10.2. The molecule has 1 fully saturated rings. The second-order valence-electron chi connectivity index (χ2n) is 6.06. The summed E-state index contributed by atoms with van der Waals surface area (Å²) in [4.78, 5) is 9.71. The van der Waals surface area contributed by atoms with Crippen LogP contribution in [0, 0.1) is 0 Å². The van der Waals surface area contributed by atoms with Gasteiger partial charge in [-0.2, -0.15) is 18.2 Å². The summed E-state index contributed by atoms with van der Waals surface area (Å²) < 4.78 is 44.6. The molecule has 2 heterocycles. The lowest BCUT2D eigenvalue weighted by Gasteiger charge is -2.23. The van der Waals surface area contributed by atoms with E-state index in [4.69, 9.17) is 17.0 Å². The van der Waals surface area contributed by atoms with Crippen LogP contribution in [0.2, 0.25) is 0 Å². The van der Waals surface area contributed by atoms with E-state index >= 15 is 0 Å². The Morgan fingerprint density at radius 1 is 1.23 bits per heavy atom. The third kappa shape index (κ3) is 6.56. The van der Waals surface area contributed by atoms with Crippen LogP contribution in [0.15, 0.2) is 6.07 Å². The van der Waals surface area contributed by atoms with Crippen LogP contribution < -0.4 is 15.5 Å². The Hall–Kier alpha value is -1.68. The molecule has 1 aliphatic heterocycles. The van der Waals surface area contributed by atoms with Crippen LogP contribution in [0.4, 0.5) is 24.9 Å². The predicted molar refractivity (Wildman–Crippen MR) is 98.4 cm³/mol. The van der Waals surface area contributed by atoms with Crippen LogP contribution >= 0.6 is 12.2 Å². The van der Waals surface area contributed by atoms with E-state index in [1.807, 2.05) is 4.90 Å². The molecule has 2 rings (SSSR count). The lowest BCUT2D eigenvalue weighted by molar-refractivity contribution is -0.141. The van der Waals surface area contributed by atoms with Gasteiger partial charge in [0.05, 0.1) is 0 Å². The molecule has 10 heteroatoms. The van der Waals surface area contributed by atoms with E-state index in [9.17, 15) is 13.2 Å². The van der Waals surface area contributed by atoms with Gasteiger partial charge in [-0.25, -0.2) is 4.98 Å². The molecule has 0 saturated carbocycles. The molecular formula is C16H24F3N5OS. The number of hydrogen-bond donors (Lipinski definition) is 2. The second-order valence-corrected chi connectivity index (χ2v) is 6.47. The van der Waals surface area contributed by atoms with Gasteiger partial charge in [0.15, 0.2) is 10.8 Å². The highest BCUT2D eigenvalue weighted by molar-refractivity contribution is 7.80. The molecule has 0 bridgehead atoms. The molecule has 1 aliphatic rings. The number of aromatic nitrogens is 2. The summed E-state index contributed by atoms with van der Waals surface area (Å²) in [6.45, 7) is 2.48. The second kappa shape index (κ2) is 9.86. The van der Waals surface area contributed by atoms with Gasteiger partial charge in [-0.1, -0.05) is 12.8 Å². The highest BCUT2D eigenvalue weighted by atomic mass is 32.1. The van der Waals surface area contributed by atoms with Crippen molar-refractivity contribution in [1.82, 2.24) is 15.3 Å². The van der Waals surface area contributed by atoms with Crippen LogP contribution in [0.25, 0.3) is 0 Å². The average molecular weight is 391 g/mol. The number of ether oxygens (including phenoxy) is 1. The molecule has 2 N–H and O–H groups in total. The van der Waals surface area contributed by atoms with E-state index in [-0.39, 0.29) is 16.9 Å². The molecule has 26 heavy (non-hydrogen) atoms. The Labute approximate surface area is 156 Å². The molecule has 6 nitrogen and oxygen atoms in total. The molecule has 0 radical (unpaired) electrons. The highest BCUT2D eigenvalue weighted by Crippen LogP contribution is 2.31. The van der Waals surface area contributed by atoms with Gasteiger partial charge in [0.25, 0.3) is 0 Å². The number of methoxy groups -OCH3 is 1. The third-order valence-electron chi connectivity index (χ3n) is 3.97. The van der Waals surface area contributed by atoms with E-state index < -0.39 is 11.9 Å². The number of rotatable bonds is 6. The van der Waals surface area contributed by atoms with Gasteiger partial charge in [0.1, 0.15) is 5.82 Å². The normalized spacial score (nSPS) is 15.5. The summed E-state index contributed by atoms with van der Waals surface area (Å²) in [5, 5.41) is 5.74. The topological polar surface area (TPSA) is 62.3 Å². The van der Waals surface area contributed by atoms with Gasteiger partial charge >= 0.3 is 6.18 Å². The van der Waals surface area contributed by atoms with Crippen molar-refractivity contribution in [2.24, 2.45) is 0 Å². The fraction of sp³-hybridized carbons (Fsp3) is 0.688. The van der Waals surface area contributed by atoms with Crippen molar-refractivity contribution in [1.29, 1.82) is 0 Å². The predicted octanol–water partition coefficient (Wildman–Crippen LogP) is 3.20. The van der Waals surface area contributed by atoms with E-state index in [1.165, 1.54) is 0 Å². The molecule has 0 amide bonds. The van der Waals surface area contributed by atoms with Crippen molar-refractivity contribution in [2.45, 2.75) is 38.3 Å². The zero-order chi connectivity index (χ0) is 19.0. The molecule has 0 aromatic carbocycles. The van der Waals surface area contributed by atoms with Gasteiger partial charge in [-0.15, -0.1) is 0 Å². The third-order valence-corrected chi connectivity index (χ3v) is 4.22. The van der Waals surface area contributed by atoms with Crippen LogP contribution in [-0.2, 0) is 10.9 Å². The Balaban J connectivity index is 2.13. The Bertz CT molecular complexity index is 592. The first-order chi connectivity index (χ1) is 12.4. The molecule has 1 aromatic heterocycles. The van der Waals surface area contributed by atoms with Crippen molar-refractivity contribution in [3.8, 4) is 0 Å². The zero-order valence-corrected chi connectivity index (χ0v) is 15.5. The van der Waals surface area contributed by atoms with Crippen molar-refractivity contribution in [3.63, 3.8) is 0 Å². The molecule has 0 spiro atoms. The van der Waals surface area contributed by atoms with Crippen molar-refractivity contribution < 1.29 is 17.9 Å². The highest BCUT2D eigenvalue weighted by Gasteiger charge is 2.34. The van der Waals surface area contributed by atoms with Gasteiger partial charge < -0.3 is 20.3 Å². The van der Waals surface area contributed by atoms with Crippen molar-refractivity contribution >= 4 is 29.1 Å². The SMILES string of the molecule is COCCCNC(=S)Nc1nc(N2CCCCCC2)cc(C(F)(F)F)n1. The summed E-state index contributed by atoms with van der Waals surface area (Å²) in [7, 11) is 1.59. The maximum absolute atomic E-state index is 13.2. The Morgan fingerprint density at radius 3 is 2.54 bits per heavy atom. The molecule has 0 aliphatic carbocycles. The first kappa shape index (κ1) is 20.6. The number of anilines is 2. The van der Waals surface area contributed by atoms with E-state index in [0.717, 1.165) is 38.2 Å². The van der Waals surface area contributed by atoms with E-state index in [1.54, 1.807) is 7.11 Å². The molecule has 1 aromatic rings. The first-order valence-corrected chi connectivity index (χ1v) is 9.06. The zero-order valence-electron chi connectivity index (χ0n) is 14.7. The minimum atomic E-state index is -4.55. The fourth-order valence-corrected chi connectivity index (χ4v) is 2.85. The largest absolute Gasteiger partial charge is 0.433 e. The van der Waals surface area contributed by atoms with Crippen molar-refractivity contribution in [3.05, 3.63) is 11.8 Å². The van der Waals surface area contributed by atoms with Crippen LogP contribution in [0.1, 0.15) is 37.8 Å². The standard InChI is InChI=1S/C16H24F3N5OS/c1-25-10-6-7-20-15(26)23-14-21-12(16(17,18)19)11-13(22-14)24-8-4-2-3-5-9-24/h11H,2-10H2,1H3,(H2,20,21,22,23,26). The summed E-state index contributed by atoms with van der Waals surface area (Å²) in [6, 6.07) is 1.01. The quantitative estimate of drug-likeness (QED) is 0.570. The van der Waals surface area contributed by atoms with Crippen LogP contribution in [0.5, 0.6) is 0 Å². The van der Waals surface area contributed by atoms with Gasteiger partial charge in [-0.05, 0) is 31.5 Å². The number of alkyl halides is 3. The summed E-state index contributed by atoms with van der Waals surface area (Å²) in [6.07, 6.45) is 0.206. The summed E-state index contributed by atoms with van der Waals surface area (Å²) in [5.41, 5.74) is -0.976. The van der Waals surface area contributed by atoms with Gasteiger partial charge in [0.2, 0.25) is 5.95 Å². The van der Waals surface area contributed by atoms with E-state index in [2.05, 4.69) is 20.6 Å². The average Bonchev–Trinajstić information content (AvgIpc) is 2.87. The molecule has 0 atom stereocenters. The first-order valence-electron chi connectivity index (χ1n) is 8.65. The minimum absolute atomic E-state index is 0.150. The Morgan fingerprint density at radius 2 is 1.92 bits per heavy atom. The van der Waals surface area contributed by atoms with Crippen LogP contribution in [-0.4, -0.2) is 48.4 Å². The number of hydrogen-bond acceptors (Lipinski definition) is 5. The summed E-state index contributed by atoms with van der Waals surface area (Å²) in [5.74, 6) is 0.127. The van der Waals surface area contributed by atoms with Crippen molar-refractivity contribution in [2.75, 3.05) is 43.6 Å². The van der Waals surface area contributed by atoms with Gasteiger partial charge in [0, 0.05) is 39.4 Å². The Kier molecular flexibility index (Phi) is 7.83. The number of halogens is 3. The maximum atomic E-state index is 13.2. The maximum Gasteiger partial charge on any atom is 0.433 e. The van der Waals surface area contributed by atoms with Crippen LogP contribution in [0.3, 0.4) is 0 Å². The number of nitrogens with one attached hydrogen (secondary N) is 2. The smallest absolute Gasteiger partial charge is 0.385 e. The summed E-state index contributed by atoms with van der Waals surface area (Å²) >= 11 is 5.11.